The lowest BCUT2D eigenvalue weighted by Gasteiger charge is -2.06. The number of hydrogen-bond donors (Lipinski definition) is 0. The van der Waals surface area contributed by atoms with Crippen molar-refractivity contribution in [1.82, 2.24) is 0 Å². The summed E-state index contributed by atoms with van der Waals surface area (Å²) in [5.41, 5.74) is 0. The standard InChI is InChI=1S/C17H31ClO4/c1-3-4-13-21-16(19)11-9-7-5-6-8-10-12-17(20)22-14-15(2)18/h15H,3-14H2,1-2H3. The van der Waals surface area contributed by atoms with Gasteiger partial charge in [0.1, 0.15) is 6.61 Å². The lowest BCUT2D eigenvalue weighted by Crippen LogP contribution is -2.11. The minimum atomic E-state index is -0.165. The van der Waals surface area contributed by atoms with E-state index in [0.717, 1.165) is 51.4 Å². The Morgan fingerprint density at radius 1 is 0.864 bits per heavy atom. The first kappa shape index (κ1) is 21.2. The molecule has 0 amide bonds. The minimum Gasteiger partial charge on any atom is -0.466 e. The van der Waals surface area contributed by atoms with E-state index in [4.69, 9.17) is 21.1 Å². The van der Waals surface area contributed by atoms with Gasteiger partial charge in [-0.3, -0.25) is 9.59 Å². The van der Waals surface area contributed by atoms with Crippen LogP contribution in [0.3, 0.4) is 0 Å². The third-order valence-corrected chi connectivity index (χ3v) is 3.37. The first-order chi connectivity index (χ1) is 10.6. The number of esters is 2. The van der Waals surface area contributed by atoms with Crippen molar-refractivity contribution in [3.8, 4) is 0 Å². The summed E-state index contributed by atoms with van der Waals surface area (Å²) in [5, 5.41) is -0.127. The van der Waals surface area contributed by atoms with Gasteiger partial charge in [-0.1, -0.05) is 39.0 Å². The van der Waals surface area contributed by atoms with Crippen LogP contribution in [0.2, 0.25) is 0 Å². The molecule has 0 saturated carbocycles. The highest BCUT2D eigenvalue weighted by Crippen LogP contribution is 2.10. The van der Waals surface area contributed by atoms with Crippen molar-refractivity contribution in [2.75, 3.05) is 13.2 Å². The van der Waals surface area contributed by atoms with Crippen LogP contribution in [0.25, 0.3) is 0 Å². The molecule has 130 valence electrons. The predicted octanol–water partition coefficient (Wildman–Crippen LogP) is 4.62. The quantitative estimate of drug-likeness (QED) is 0.264. The van der Waals surface area contributed by atoms with Gasteiger partial charge in [0, 0.05) is 12.8 Å². The Hall–Kier alpha value is -0.770. The van der Waals surface area contributed by atoms with Crippen molar-refractivity contribution in [3.05, 3.63) is 0 Å². The Balaban J connectivity index is 3.26. The summed E-state index contributed by atoms with van der Waals surface area (Å²) in [6.07, 6.45) is 8.96. The van der Waals surface area contributed by atoms with E-state index in [1.54, 1.807) is 6.92 Å². The number of carbonyl (C=O) groups is 2. The summed E-state index contributed by atoms with van der Waals surface area (Å²) in [7, 11) is 0. The maximum atomic E-state index is 11.4. The molecule has 0 radical (unpaired) electrons. The second-order valence-corrected chi connectivity index (χ2v) is 6.40. The maximum absolute atomic E-state index is 11.4. The fourth-order valence-electron chi connectivity index (χ4n) is 1.93. The van der Waals surface area contributed by atoms with Gasteiger partial charge >= 0.3 is 11.9 Å². The van der Waals surface area contributed by atoms with E-state index in [-0.39, 0.29) is 23.9 Å². The van der Waals surface area contributed by atoms with Gasteiger partial charge in [-0.2, -0.15) is 0 Å². The molecule has 0 rings (SSSR count). The fraction of sp³-hybridized carbons (Fsp3) is 0.882. The summed E-state index contributed by atoms with van der Waals surface area (Å²) < 4.78 is 10.1. The molecule has 0 aromatic heterocycles. The second-order valence-electron chi connectivity index (χ2n) is 5.66. The number of rotatable bonds is 14. The van der Waals surface area contributed by atoms with Crippen molar-refractivity contribution in [2.45, 2.75) is 83.4 Å². The Bertz CT molecular complexity index is 292. The van der Waals surface area contributed by atoms with Crippen LogP contribution in [0.15, 0.2) is 0 Å². The molecular weight excluding hydrogens is 304 g/mol. The first-order valence-corrected chi connectivity index (χ1v) is 8.95. The van der Waals surface area contributed by atoms with Crippen molar-refractivity contribution in [3.63, 3.8) is 0 Å². The molecule has 5 heteroatoms. The molecule has 0 fully saturated rings. The van der Waals surface area contributed by atoms with Gasteiger partial charge in [0.15, 0.2) is 0 Å². The molecule has 0 bridgehead atoms. The zero-order valence-corrected chi connectivity index (χ0v) is 14.8. The third kappa shape index (κ3) is 15.6. The van der Waals surface area contributed by atoms with Gasteiger partial charge in [-0.15, -0.1) is 11.6 Å². The van der Waals surface area contributed by atoms with Crippen molar-refractivity contribution < 1.29 is 19.1 Å². The van der Waals surface area contributed by atoms with Crippen LogP contribution in [0.5, 0.6) is 0 Å². The zero-order chi connectivity index (χ0) is 16.6. The molecule has 0 N–H and O–H groups in total. The highest BCUT2D eigenvalue weighted by Gasteiger charge is 2.05. The van der Waals surface area contributed by atoms with E-state index in [1.165, 1.54) is 0 Å². The van der Waals surface area contributed by atoms with Gasteiger partial charge in [0.05, 0.1) is 12.0 Å². The normalized spacial score (nSPS) is 12.0. The van der Waals surface area contributed by atoms with Crippen LogP contribution in [-0.2, 0) is 19.1 Å². The van der Waals surface area contributed by atoms with E-state index in [9.17, 15) is 9.59 Å². The van der Waals surface area contributed by atoms with E-state index in [0.29, 0.717) is 19.4 Å². The lowest BCUT2D eigenvalue weighted by molar-refractivity contribution is -0.144. The number of ether oxygens (including phenoxy) is 2. The number of hydrogen-bond acceptors (Lipinski definition) is 4. The largest absolute Gasteiger partial charge is 0.466 e. The van der Waals surface area contributed by atoms with Crippen molar-refractivity contribution >= 4 is 23.5 Å². The molecule has 4 nitrogen and oxygen atoms in total. The van der Waals surface area contributed by atoms with Gasteiger partial charge in [-0.25, -0.2) is 0 Å². The Labute approximate surface area is 139 Å². The lowest BCUT2D eigenvalue weighted by atomic mass is 10.1. The third-order valence-electron chi connectivity index (χ3n) is 3.25. The van der Waals surface area contributed by atoms with Crippen LogP contribution in [0.4, 0.5) is 0 Å². The molecule has 0 aliphatic carbocycles. The molecule has 22 heavy (non-hydrogen) atoms. The smallest absolute Gasteiger partial charge is 0.305 e. The van der Waals surface area contributed by atoms with Gasteiger partial charge < -0.3 is 9.47 Å². The molecule has 0 aliphatic rings. The van der Waals surface area contributed by atoms with Crippen LogP contribution in [0, 0.1) is 0 Å². The monoisotopic (exact) mass is 334 g/mol. The topological polar surface area (TPSA) is 52.6 Å². The average molecular weight is 335 g/mol. The Morgan fingerprint density at radius 3 is 1.86 bits per heavy atom. The fourth-order valence-corrected chi connectivity index (χ4v) is 1.99. The van der Waals surface area contributed by atoms with Crippen LogP contribution in [0.1, 0.15) is 78.1 Å². The molecule has 0 spiro atoms. The Kier molecular flexibility index (Phi) is 14.6. The first-order valence-electron chi connectivity index (χ1n) is 8.51. The molecule has 0 aromatic rings. The SMILES string of the molecule is CCCCOC(=O)CCCCCCCCC(=O)OCC(C)Cl. The van der Waals surface area contributed by atoms with Crippen LogP contribution in [-0.4, -0.2) is 30.5 Å². The minimum absolute atomic E-state index is 0.0790. The summed E-state index contributed by atoms with van der Waals surface area (Å²) in [4.78, 5) is 22.7. The summed E-state index contributed by atoms with van der Waals surface area (Å²) >= 11 is 5.70. The van der Waals surface area contributed by atoms with E-state index < -0.39 is 0 Å². The predicted molar refractivity (Wildman–Crippen MR) is 89.1 cm³/mol. The molecule has 1 atom stereocenters. The molecular formula is C17H31ClO4. The van der Waals surface area contributed by atoms with E-state index in [2.05, 4.69) is 6.92 Å². The number of carbonyl (C=O) groups excluding carboxylic acids is 2. The van der Waals surface area contributed by atoms with Gasteiger partial charge in [-0.05, 0) is 26.2 Å². The second kappa shape index (κ2) is 15.1. The molecule has 0 heterocycles. The number of halogens is 1. The van der Waals surface area contributed by atoms with Crippen molar-refractivity contribution in [1.29, 1.82) is 0 Å². The molecule has 0 aliphatic heterocycles. The van der Waals surface area contributed by atoms with Crippen LogP contribution < -0.4 is 0 Å². The maximum Gasteiger partial charge on any atom is 0.305 e. The molecule has 1 unspecified atom stereocenters. The number of alkyl halides is 1. The summed E-state index contributed by atoms with van der Waals surface area (Å²) in [6.45, 7) is 4.71. The van der Waals surface area contributed by atoms with E-state index in [1.807, 2.05) is 0 Å². The number of unbranched alkanes of at least 4 members (excludes halogenated alkanes) is 6. The molecule has 0 saturated heterocycles. The zero-order valence-electron chi connectivity index (χ0n) is 14.1. The van der Waals surface area contributed by atoms with Gasteiger partial charge in [0.25, 0.3) is 0 Å². The van der Waals surface area contributed by atoms with E-state index >= 15 is 0 Å². The summed E-state index contributed by atoms with van der Waals surface area (Å²) in [6, 6.07) is 0. The van der Waals surface area contributed by atoms with Gasteiger partial charge in [0.2, 0.25) is 0 Å². The van der Waals surface area contributed by atoms with Crippen molar-refractivity contribution in [2.24, 2.45) is 0 Å². The highest BCUT2D eigenvalue weighted by atomic mass is 35.5. The Morgan fingerprint density at radius 2 is 1.36 bits per heavy atom. The summed E-state index contributed by atoms with van der Waals surface area (Å²) in [5.74, 6) is -0.243. The molecule has 0 aromatic carbocycles. The van der Waals surface area contributed by atoms with Crippen LogP contribution >= 0.6 is 11.6 Å². The average Bonchev–Trinajstić information content (AvgIpc) is 2.48. The highest BCUT2D eigenvalue weighted by molar-refractivity contribution is 6.20.